The molecule has 1 heterocycles. The summed E-state index contributed by atoms with van der Waals surface area (Å²) < 4.78 is 1.05. The highest BCUT2D eigenvalue weighted by molar-refractivity contribution is 9.10. The zero-order chi connectivity index (χ0) is 12.3. The van der Waals surface area contributed by atoms with E-state index >= 15 is 0 Å². The van der Waals surface area contributed by atoms with E-state index in [-0.39, 0.29) is 0 Å². The van der Waals surface area contributed by atoms with Gasteiger partial charge in [-0.3, -0.25) is 4.90 Å². The van der Waals surface area contributed by atoms with Crippen LogP contribution in [0, 0.1) is 5.92 Å². The van der Waals surface area contributed by atoms with Gasteiger partial charge in [0.1, 0.15) is 0 Å². The van der Waals surface area contributed by atoms with Crippen molar-refractivity contribution in [2.75, 3.05) is 13.1 Å². The van der Waals surface area contributed by atoms with Crippen LogP contribution >= 0.6 is 27.5 Å². The van der Waals surface area contributed by atoms with Gasteiger partial charge in [-0.2, -0.15) is 0 Å². The van der Waals surface area contributed by atoms with E-state index in [0.717, 1.165) is 22.0 Å². The van der Waals surface area contributed by atoms with Crippen LogP contribution in [0.15, 0.2) is 22.7 Å². The van der Waals surface area contributed by atoms with Gasteiger partial charge in [-0.15, -0.1) is 0 Å². The van der Waals surface area contributed by atoms with Gasteiger partial charge in [0.05, 0.1) is 0 Å². The lowest BCUT2D eigenvalue weighted by atomic mass is 9.95. The van der Waals surface area contributed by atoms with Crippen LogP contribution in [0.2, 0.25) is 5.02 Å². The van der Waals surface area contributed by atoms with E-state index in [0.29, 0.717) is 0 Å². The minimum Gasteiger partial charge on any atom is -0.299 e. The molecule has 2 rings (SSSR count). The Morgan fingerprint density at radius 1 is 1.47 bits per heavy atom. The average Bonchev–Trinajstić information content (AvgIpc) is 2.33. The first-order valence-corrected chi connectivity index (χ1v) is 7.52. The second-order valence-corrected chi connectivity index (χ2v) is 6.21. The molecule has 0 amide bonds. The smallest absolute Gasteiger partial charge is 0.0462 e. The molecule has 0 radical (unpaired) electrons. The Kier molecular flexibility index (Phi) is 4.89. The Hall–Kier alpha value is -0.0500. The molecule has 1 saturated heterocycles. The van der Waals surface area contributed by atoms with E-state index < -0.39 is 0 Å². The van der Waals surface area contributed by atoms with Crippen molar-refractivity contribution in [1.82, 2.24) is 4.90 Å². The van der Waals surface area contributed by atoms with Crippen LogP contribution in [-0.2, 0) is 6.54 Å². The number of likely N-dealkylation sites (tertiary alicyclic amines) is 1. The maximum atomic E-state index is 6.26. The molecular formula is C14H19BrClN. The molecule has 0 spiro atoms. The quantitative estimate of drug-likeness (QED) is 0.779. The molecule has 1 aliphatic rings. The summed E-state index contributed by atoms with van der Waals surface area (Å²) in [7, 11) is 0. The van der Waals surface area contributed by atoms with Gasteiger partial charge in [-0.05, 0) is 43.0 Å². The first-order valence-electron chi connectivity index (χ1n) is 6.35. The predicted molar refractivity (Wildman–Crippen MR) is 77.4 cm³/mol. The Morgan fingerprint density at radius 2 is 2.29 bits per heavy atom. The minimum atomic E-state index is 0.873. The van der Waals surface area contributed by atoms with Crippen LogP contribution in [0.1, 0.15) is 31.7 Å². The third-order valence-corrected chi connectivity index (χ3v) is 4.43. The molecule has 0 aromatic heterocycles. The van der Waals surface area contributed by atoms with E-state index in [9.17, 15) is 0 Å². The number of hydrogen-bond acceptors (Lipinski definition) is 1. The summed E-state index contributed by atoms with van der Waals surface area (Å²) in [6.45, 7) is 5.72. The van der Waals surface area contributed by atoms with Crippen LogP contribution < -0.4 is 0 Å². The summed E-state index contributed by atoms with van der Waals surface area (Å²) in [5.74, 6) is 0.873. The number of hydrogen-bond donors (Lipinski definition) is 0. The van der Waals surface area contributed by atoms with Gasteiger partial charge in [0.2, 0.25) is 0 Å². The zero-order valence-corrected chi connectivity index (χ0v) is 12.6. The van der Waals surface area contributed by atoms with Crippen molar-refractivity contribution < 1.29 is 0 Å². The summed E-state index contributed by atoms with van der Waals surface area (Å²) in [6, 6.07) is 6.18. The van der Waals surface area contributed by atoms with Crippen LogP contribution in [0.25, 0.3) is 0 Å². The molecule has 0 bridgehead atoms. The summed E-state index contributed by atoms with van der Waals surface area (Å²) in [6.07, 6.45) is 4.01. The Balaban J connectivity index is 2.00. The van der Waals surface area contributed by atoms with Gasteiger partial charge in [0.25, 0.3) is 0 Å². The van der Waals surface area contributed by atoms with E-state index in [1.807, 2.05) is 6.07 Å². The number of halogens is 2. The van der Waals surface area contributed by atoms with Gasteiger partial charge >= 0.3 is 0 Å². The van der Waals surface area contributed by atoms with Gasteiger partial charge in [-0.1, -0.05) is 46.9 Å². The fourth-order valence-corrected chi connectivity index (χ4v) is 3.25. The van der Waals surface area contributed by atoms with Crippen molar-refractivity contribution in [1.29, 1.82) is 0 Å². The molecule has 1 fully saturated rings. The van der Waals surface area contributed by atoms with Gasteiger partial charge in [0, 0.05) is 22.6 Å². The second-order valence-electron chi connectivity index (χ2n) is 4.89. The molecule has 94 valence electrons. The largest absolute Gasteiger partial charge is 0.299 e. The minimum absolute atomic E-state index is 0.873. The average molecular weight is 317 g/mol. The van der Waals surface area contributed by atoms with Gasteiger partial charge in [0.15, 0.2) is 0 Å². The fourth-order valence-electron chi connectivity index (χ4n) is 2.52. The predicted octanol–water partition coefficient (Wildman–Crippen LogP) is 4.72. The lowest BCUT2D eigenvalue weighted by Crippen LogP contribution is -2.34. The lowest BCUT2D eigenvalue weighted by Gasteiger charge is -2.32. The third-order valence-electron chi connectivity index (χ3n) is 3.59. The monoisotopic (exact) mass is 315 g/mol. The van der Waals surface area contributed by atoms with Crippen LogP contribution in [-0.4, -0.2) is 18.0 Å². The van der Waals surface area contributed by atoms with Gasteiger partial charge in [-0.25, -0.2) is 0 Å². The SMILES string of the molecule is CCC1CCCN(Cc2ccc(Br)cc2Cl)C1. The van der Waals surface area contributed by atoms with Crippen molar-refractivity contribution in [3.63, 3.8) is 0 Å². The molecule has 1 atom stereocenters. The number of rotatable bonds is 3. The lowest BCUT2D eigenvalue weighted by molar-refractivity contribution is 0.165. The van der Waals surface area contributed by atoms with Gasteiger partial charge < -0.3 is 0 Å². The second kappa shape index (κ2) is 6.21. The number of benzene rings is 1. The van der Waals surface area contributed by atoms with E-state index in [1.54, 1.807) is 0 Å². The van der Waals surface area contributed by atoms with Crippen LogP contribution in [0.3, 0.4) is 0 Å². The van der Waals surface area contributed by atoms with Crippen molar-refractivity contribution in [3.8, 4) is 0 Å². The Morgan fingerprint density at radius 3 is 3.00 bits per heavy atom. The molecular weight excluding hydrogens is 298 g/mol. The fraction of sp³-hybridized carbons (Fsp3) is 0.571. The molecule has 1 unspecified atom stereocenters. The maximum Gasteiger partial charge on any atom is 0.0462 e. The molecule has 1 aromatic rings. The summed E-state index contributed by atoms with van der Waals surface area (Å²) in [5.41, 5.74) is 1.24. The van der Waals surface area contributed by atoms with Crippen molar-refractivity contribution >= 4 is 27.5 Å². The van der Waals surface area contributed by atoms with Crippen LogP contribution in [0.5, 0.6) is 0 Å². The molecule has 1 nitrogen and oxygen atoms in total. The van der Waals surface area contributed by atoms with E-state index in [1.165, 1.54) is 37.9 Å². The Labute approximate surface area is 117 Å². The highest BCUT2D eigenvalue weighted by Crippen LogP contribution is 2.25. The molecule has 1 aromatic carbocycles. The topological polar surface area (TPSA) is 3.24 Å². The molecule has 0 N–H and O–H groups in total. The first kappa shape index (κ1) is 13.4. The normalized spacial score (nSPS) is 21.7. The summed E-state index contributed by atoms with van der Waals surface area (Å²) in [5, 5.41) is 0.873. The van der Waals surface area contributed by atoms with Crippen LogP contribution in [0.4, 0.5) is 0 Å². The molecule has 17 heavy (non-hydrogen) atoms. The molecule has 0 saturated carbocycles. The number of nitrogens with zero attached hydrogens (tertiary/aromatic N) is 1. The highest BCUT2D eigenvalue weighted by atomic mass is 79.9. The molecule has 0 aliphatic carbocycles. The van der Waals surface area contributed by atoms with Crippen molar-refractivity contribution in [3.05, 3.63) is 33.3 Å². The van der Waals surface area contributed by atoms with E-state index in [2.05, 4.69) is 39.9 Å². The van der Waals surface area contributed by atoms with E-state index in [4.69, 9.17) is 11.6 Å². The highest BCUT2D eigenvalue weighted by Gasteiger charge is 2.18. The summed E-state index contributed by atoms with van der Waals surface area (Å²) in [4.78, 5) is 2.53. The first-order chi connectivity index (χ1) is 8.19. The maximum absolute atomic E-state index is 6.26. The molecule has 3 heteroatoms. The van der Waals surface area contributed by atoms with Crippen molar-refractivity contribution in [2.45, 2.75) is 32.7 Å². The summed E-state index contributed by atoms with van der Waals surface area (Å²) >= 11 is 9.71. The zero-order valence-electron chi connectivity index (χ0n) is 10.3. The standard InChI is InChI=1S/C14H19BrClN/c1-2-11-4-3-7-17(9-11)10-12-5-6-13(15)8-14(12)16/h5-6,8,11H,2-4,7,9-10H2,1H3. The number of piperidine rings is 1. The Bertz CT molecular complexity index is 380. The third kappa shape index (κ3) is 3.70. The van der Waals surface area contributed by atoms with Crippen molar-refractivity contribution in [2.24, 2.45) is 5.92 Å². The molecule has 1 aliphatic heterocycles.